The van der Waals surface area contributed by atoms with Crippen molar-refractivity contribution in [3.8, 4) is 0 Å². The number of thioether (sulfide) groups is 1. The Morgan fingerprint density at radius 3 is 2.47 bits per heavy atom. The van der Waals surface area contributed by atoms with Gasteiger partial charge in [-0.1, -0.05) is 68.9 Å². The Hall–Kier alpha value is -2.53. The van der Waals surface area contributed by atoms with Crippen molar-refractivity contribution in [2.75, 3.05) is 6.54 Å². The first-order valence-electron chi connectivity index (χ1n) is 12.3. The monoisotopic (exact) mass is 479 g/mol. The molecule has 3 rings (SSSR count). The lowest BCUT2D eigenvalue weighted by Crippen LogP contribution is -2.32. The summed E-state index contributed by atoms with van der Waals surface area (Å²) >= 11 is 1.89. The van der Waals surface area contributed by atoms with E-state index in [-0.39, 0.29) is 24.8 Å². The zero-order valence-electron chi connectivity index (χ0n) is 20.7. The van der Waals surface area contributed by atoms with Crippen LogP contribution in [0.15, 0.2) is 70.7 Å². The third kappa shape index (κ3) is 7.49. The zero-order chi connectivity index (χ0) is 24.7. The lowest BCUT2D eigenvalue weighted by molar-refractivity contribution is -0.137. The zero-order valence-corrected chi connectivity index (χ0v) is 21.5. The van der Waals surface area contributed by atoms with E-state index in [0.29, 0.717) is 23.5 Å². The van der Waals surface area contributed by atoms with Crippen molar-refractivity contribution in [2.24, 2.45) is 17.8 Å². The second kappa shape index (κ2) is 12.3. The van der Waals surface area contributed by atoms with Crippen LogP contribution in [0.25, 0.3) is 5.57 Å². The molecule has 0 spiro atoms. The van der Waals surface area contributed by atoms with Gasteiger partial charge in [-0.15, -0.1) is 11.8 Å². The van der Waals surface area contributed by atoms with Gasteiger partial charge < -0.3 is 10.4 Å². The SMILES string of the molecule is CC1=CC(c2ccc(SC(CC(C)C)C3=CCC(C(=O)NCCC(=O)O)C=C3)cc2)=CCC1C. The minimum absolute atomic E-state index is 0.0541. The number of rotatable bonds is 10. The highest BCUT2D eigenvalue weighted by Gasteiger charge is 2.22. The van der Waals surface area contributed by atoms with Gasteiger partial charge in [-0.2, -0.15) is 0 Å². The molecule has 1 amide bonds. The number of nitrogens with one attached hydrogen (secondary N) is 1. The maximum Gasteiger partial charge on any atom is 0.305 e. The summed E-state index contributed by atoms with van der Waals surface area (Å²) in [5, 5.41) is 11.8. The Morgan fingerprint density at radius 2 is 1.88 bits per heavy atom. The first kappa shape index (κ1) is 26.1. The first-order chi connectivity index (χ1) is 16.2. The van der Waals surface area contributed by atoms with Gasteiger partial charge in [0, 0.05) is 16.7 Å². The van der Waals surface area contributed by atoms with Gasteiger partial charge in [0.25, 0.3) is 0 Å². The fourth-order valence-electron chi connectivity index (χ4n) is 4.20. The molecule has 5 heteroatoms. The van der Waals surface area contributed by atoms with Crippen LogP contribution in [0.2, 0.25) is 0 Å². The number of allylic oxidation sites excluding steroid dienone is 6. The van der Waals surface area contributed by atoms with Gasteiger partial charge in [-0.05, 0) is 66.9 Å². The molecule has 0 radical (unpaired) electrons. The number of aliphatic carboxylic acids is 1. The van der Waals surface area contributed by atoms with Gasteiger partial charge in [-0.25, -0.2) is 0 Å². The van der Waals surface area contributed by atoms with Crippen LogP contribution in [0.5, 0.6) is 0 Å². The fourth-order valence-corrected chi connectivity index (χ4v) is 5.62. The summed E-state index contributed by atoms with van der Waals surface area (Å²) in [6.45, 7) is 9.15. The normalized spacial score (nSPS) is 20.9. The van der Waals surface area contributed by atoms with Crippen molar-refractivity contribution in [2.45, 2.75) is 63.5 Å². The Labute approximate surface area is 208 Å². The number of hydrogen-bond acceptors (Lipinski definition) is 3. The minimum atomic E-state index is -0.903. The van der Waals surface area contributed by atoms with Crippen LogP contribution < -0.4 is 5.32 Å². The highest BCUT2D eigenvalue weighted by molar-refractivity contribution is 8.00. The molecular weight excluding hydrogens is 442 g/mol. The average Bonchev–Trinajstić information content (AvgIpc) is 2.80. The molecule has 0 heterocycles. The summed E-state index contributed by atoms with van der Waals surface area (Å²) < 4.78 is 0. The minimum Gasteiger partial charge on any atom is -0.481 e. The Kier molecular flexibility index (Phi) is 9.40. The van der Waals surface area contributed by atoms with Gasteiger partial charge >= 0.3 is 5.97 Å². The lowest BCUT2D eigenvalue weighted by atomic mass is 9.88. The van der Waals surface area contributed by atoms with Crippen LogP contribution in [-0.2, 0) is 9.59 Å². The maximum atomic E-state index is 12.3. The molecule has 0 aromatic heterocycles. The molecule has 182 valence electrons. The third-order valence-electron chi connectivity index (χ3n) is 6.48. The van der Waals surface area contributed by atoms with E-state index in [1.165, 1.54) is 27.2 Å². The molecule has 0 saturated carbocycles. The van der Waals surface area contributed by atoms with Crippen LogP contribution in [-0.4, -0.2) is 28.8 Å². The van der Waals surface area contributed by atoms with E-state index >= 15 is 0 Å². The largest absolute Gasteiger partial charge is 0.481 e. The third-order valence-corrected chi connectivity index (χ3v) is 7.77. The molecule has 0 bridgehead atoms. The van der Waals surface area contributed by atoms with E-state index < -0.39 is 5.97 Å². The number of amides is 1. The van der Waals surface area contributed by atoms with Crippen molar-refractivity contribution in [1.29, 1.82) is 0 Å². The van der Waals surface area contributed by atoms with E-state index in [4.69, 9.17) is 5.11 Å². The second-order valence-corrected chi connectivity index (χ2v) is 11.1. The summed E-state index contributed by atoms with van der Waals surface area (Å²) in [5.41, 5.74) is 5.29. The molecule has 3 unspecified atom stereocenters. The standard InChI is InChI=1S/C29H37NO3S/c1-19(2)17-27(23-7-9-24(10-8-23)29(33)30-16-15-28(31)32)34-26-13-11-22(12-14-26)25-6-5-20(3)21(4)18-25/h6-9,11-14,18-20,24,27H,5,10,15-17H2,1-4H3,(H,30,33)(H,31,32). The van der Waals surface area contributed by atoms with Gasteiger partial charge in [0.05, 0.1) is 12.3 Å². The number of hydrogen-bond donors (Lipinski definition) is 2. The average molecular weight is 480 g/mol. The highest BCUT2D eigenvalue weighted by atomic mass is 32.2. The molecule has 0 saturated heterocycles. The summed E-state index contributed by atoms with van der Waals surface area (Å²) in [5.74, 6) is -0.0511. The quantitative estimate of drug-likeness (QED) is 0.368. The number of carboxylic acid groups (broad SMARTS) is 1. The number of carbonyl (C=O) groups is 2. The highest BCUT2D eigenvalue weighted by Crippen LogP contribution is 2.36. The van der Waals surface area contributed by atoms with Crippen molar-refractivity contribution in [3.63, 3.8) is 0 Å². The molecule has 1 aromatic carbocycles. The van der Waals surface area contributed by atoms with E-state index in [2.05, 4.69) is 81.6 Å². The van der Waals surface area contributed by atoms with Crippen LogP contribution in [0.4, 0.5) is 0 Å². The molecular formula is C29H37NO3S. The van der Waals surface area contributed by atoms with Gasteiger partial charge in [-0.3, -0.25) is 9.59 Å². The molecule has 2 aliphatic carbocycles. The van der Waals surface area contributed by atoms with Crippen molar-refractivity contribution < 1.29 is 14.7 Å². The van der Waals surface area contributed by atoms with Crippen molar-refractivity contribution in [1.82, 2.24) is 5.32 Å². The lowest BCUT2D eigenvalue weighted by Gasteiger charge is -2.24. The van der Waals surface area contributed by atoms with Crippen LogP contribution in [0, 0.1) is 17.8 Å². The van der Waals surface area contributed by atoms with Gasteiger partial charge in [0.2, 0.25) is 5.91 Å². The predicted octanol–water partition coefficient (Wildman–Crippen LogP) is 6.66. The van der Waals surface area contributed by atoms with Crippen LogP contribution >= 0.6 is 11.8 Å². The van der Waals surface area contributed by atoms with Crippen molar-refractivity contribution >= 4 is 29.2 Å². The second-order valence-electron chi connectivity index (χ2n) is 9.79. The molecule has 3 atom stereocenters. The smallest absolute Gasteiger partial charge is 0.305 e. The molecule has 1 aromatic rings. The summed E-state index contributed by atoms with van der Waals surface area (Å²) in [7, 11) is 0. The predicted molar refractivity (Wildman–Crippen MR) is 142 cm³/mol. The summed E-state index contributed by atoms with van der Waals surface area (Å²) in [6.07, 6.45) is 13.6. The van der Waals surface area contributed by atoms with Gasteiger partial charge in [0.15, 0.2) is 0 Å². The summed E-state index contributed by atoms with van der Waals surface area (Å²) in [4.78, 5) is 24.2. The molecule has 34 heavy (non-hydrogen) atoms. The topological polar surface area (TPSA) is 66.4 Å². The number of carboxylic acids is 1. The molecule has 0 aliphatic heterocycles. The Balaban J connectivity index is 1.63. The maximum absolute atomic E-state index is 12.3. The number of carbonyl (C=O) groups excluding carboxylic acids is 1. The van der Waals surface area contributed by atoms with Gasteiger partial charge in [0.1, 0.15) is 0 Å². The fraction of sp³-hybridized carbons (Fsp3) is 0.448. The van der Waals surface area contributed by atoms with Crippen LogP contribution in [0.1, 0.15) is 58.9 Å². The van der Waals surface area contributed by atoms with E-state index in [1.54, 1.807) is 0 Å². The molecule has 2 N–H and O–H groups in total. The van der Waals surface area contributed by atoms with Crippen molar-refractivity contribution in [3.05, 3.63) is 71.4 Å². The van der Waals surface area contributed by atoms with E-state index in [0.717, 1.165) is 12.8 Å². The van der Waals surface area contributed by atoms with E-state index in [9.17, 15) is 9.59 Å². The first-order valence-corrected chi connectivity index (χ1v) is 13.1. The molecule has 2 aliphatic rings. The van der Waals surface area contributed by atoms with Crippen LogP contribution in [0.3, 0.4) is 0 Å². The Bertz CT molecular complexity index is 1000. The molecule has 4 nitrogen and oxygen atoms in total. The Morgan fingerprint density at radius 1 is 1.15 bits per heavy atom. The molecule has 0 fully saturated rings. The summed E-state index contributed by atoms with van der Waals surface area (Å²) in [6, 6.07) is 8.90. The number of benzene rings is 1. The van der Waals surface area contributed by atoms with E-state index in [1.807, 2.05) is 17.8 Å².